The van der Waals surface area contributed by atoms with Gasteiger partial charge < -0.3 is 9.32 Å². The molecule has 0 spiro atoms. The van der Waals surface area contributed by atoms with Gasteiger partial charge in [0.2, 0.25) is 0 Å². The van der Waals surface area contributed by atoms with Gasteiger partial charge in [-0.05, 0) is 49.7 Å². The number of hydrogen-bond donors (Lipinski definition) is 0. The molecule has 6 heteroatoms. The number of fused-ring (bicyclic) bond motifs is 3. The number of aryl methyl sites for hydroxylation is 1. The Bertz CT molecular complexity index is 1500. The van der Waals surface area contributed by atoms with Gasteiger partial charge in [-0.25, -0.2) is 0 Å². The zero-order valence-corrected chi connectivity index (χ0v) is 17.9. The third kappa shape index (κ3) is 2.76. The molecule has 0 aliphatic carbocycles. The Kier molecular flexibility index (Phi) is 4.15. The number of para-hydroxylation sites is 1. The number of furan rings is 1. The molecule has 0 unspecified atom stereocenters. The first-order valence-corrected chi connectivity index (χ1v) is 10.8. The molecule has 0 bridgehead atoms. The van der Waals surface area contributed by atoms with Crippen molar-refractivity contribution in [2.24, 2.45) is 7.05 Å². The van der Waals surface area contributed by atoms with Gasteiger partial charge in [0, 0.05) is 47.3 Å². The molecule has 0 saturated heterocycles. The van der Waals surface area contributed by atoms with Crippen LogP contribution >= 0.6 is 0 Å². The minimum absolute atomic E-state index is 0.0224. The molecule has 0 radical (unpaired) electrons. The van der Waals surface area contributed by atoms with E-state index in [1.54, 1.807) is 12.5 Å². The summed E-state index contributed by atoms with van der Waals surface area (Å²) in [6.45, 7) is 2.70. The van der Waals surface area contributed by atoms with Crippen molar-refractivity contribution in [3.8, 4) is 11.3 Å². The number of amides is 1. The highest BCUT2D eigenvalue weighted by atomic mass is 16.3. The molecule has 5 aromatic rings. The van der Waals surface area contributed by atoms with E-state index < -0.39 is 0 Å². The average molecular weight is 422 g/mol. The monoisotopic (exact) mass is 422 g/mol. The molecule has 1 aliphatic heterocycles. The van der Waals surface area contributed by atoms with Gasteiger partial charge in [-0.3, -0.25) is 14.5 Å². The standard InChI is InChI=1S/C26H22N4O2/c1-16-23-20(24(29(2)28-23)21-7-3-5-17-11-14-32-25(17)21)10-13-30(16)26(31)19-8-9-22-18(15-19)6-4-12-27-22/h3-9,11-12,14-16H,10,13H2,1-2H3/t16-/m0/s1. The number of carbonyl (C=O) groups is 1. The molecule has 3 aromatic heterocycles. The van der Waals surface area contributed by atoms with Crippen molar-refractivity contribution in [1.29, 1.82) is 0 Å². The molecular formula is C26H22N4O2. The predicted molar refractivity (Wildman–Crippen MR) is 123 cm³/mol. The van der Waals surface area contributed by atoms with Gasteiger partial charge in [0.05, 0.1) is 29.2 Å². The lowest BCUT2D eigenvalue weighted by Gasteiger charge is -2.33. The first-order chi connectivity index (χ1) is 15.6. The second-order valence-corrected chi connectivity index (χ2v) is 8.32. The van der Waals surface area contributed by atoms with E-state index in [2.05, 4.69) is 18.0 Å². The fourth-order valence-electron chi connectivity index (χ4n) is 4.91. The summed E-state index contributed by atoms with van der Waals surface area (Å²) in [5.41, 5.74) is 6.68. The molecular weight excluding hydrogens is 400 g/mol. The van der Waals surface area contributed by atoms with Crippen molar-refractivity contribution in [3.63, 3.8) is 0 Å². The van der Waals surface area contributed by atoms with E-state index in [9.17, 15) is 4.79 Å². The number of hydrogen-bond acceptors (Lipinski definition) is 4. The Hall–Kier alpha value is -3.93. The molecule has 6 nitrogen and oxygen atoms in total. The molecule has 32 heavy (non-hydrogen) atoms. The van der Waals surface area contributed by atoms with Gasteiger partial charge >= 0.3 is 0 Å². The highest BCUT2D eigenvalue weighted by molar-refractivity contribution is 5.98. The highest BCUT2D eigenvalue weighted by Crippen LogP contribution is 2.38. The Morgan fingerprint density at radius 2 is 1.97 bits per heavy atom. The third-order valence-corrected chi connectivity index (χ3v) is 6.49. The van der Waals surface area contributed by atoms with Gasteiger partial charge in [-0.15, -0.1) is 0 Å². The van der Waals surface area contributed by atoms with Gasteiger partial charge in [0.1, 0.15) is 5.58 Å². The summed E-state index contributed by atoms with van der Waals surface area (Å²) >= 11 is 0. The summed E-state index contributed by atoms with van der Waals surface area (Å²) in [5.74, 6) is 0.0224. The van der Waals surface area contributed by atoms with Crippen LogP contribution in [0.25, 0.3) is 33.1 Å². The molecule has 1 aliphatic rings. The van der Waals surface area contributed by atoms with Gasteiger partial charge in [0.25, 0.3) is 5.91 Å². The first-order valence-electron chi connectivity index (χ1n) is 10.8. The molecule has 1 amide bonds. The lowest BCUT2D eigenvalue weighted by molar-refractivity contribution is 0.0674. The van der Waals surface area contributed by atoms with E-state index in [-0.39, 0.29) is 11.9 Å². The number of rotatable bonds is 2. The van der Waals surface area contributed by atoms with E-state index in [1.165, 1.54) is 5.56 Å². The number of pyridine rings is 1. The lowest BCUT2D eigenvalue weighted by atomic mass is 9.94. The molecule has 6 rings (SSSR count). The largest absolute Gasteiger partial charge is 0.464 e. The fraction of sp³-hybridized carbons (Fsp3) is 0.192. The van der Waals surface area contributed by atoms with Crippen molar-refractivity contribution < 1.29 is 9.21 Å². The number of nitrogens with zero attached hydrogens (tertiary/aromatic N) is 4. The molecule has 0 N–H and O–H groups in total. The van der Waals surface area contributed by atoms with Crippen LogP contribution < -0.4 is 0 Å². The highest BCUT2D eigenvalue weighted by Gasteiger charge is 2.33. The van der Waals surface area contributed by atoms with Crippen LogP contribution in [-0.4, -0.2) is 32.1 Å². The zero-order chi connectivity index (χ0) is 21.8. The maximum Gasteiger partial charge on any atom is 0.254 e. The number of aromatic nitrogens is 3. The van der Waals surface area contributed by atoms with Crippen molar-refractivity contribution in [2.45, 2.75) is 19.4 Å². The molecule has 0 fully saturated rings. The summed E-state index contributed by atoms with van der Waals surface area (Å²) in [6.07, 6.45) is 4.24. The predicted octanol–water partition coefficient (Wildman–Crippen LogP) is 5.14. The van der Waals surface area contributed by atoms with Crippen LogP contribution in [0.3, 0.4) is 0 Å². The van der Waals surface area contributed by atoms with Crippen LogP contribution in [0.4, 0.5) is 0 Å². The number of benzene rings is 2. The zero-order valence-electron chi connectivity index (χ0n) is 17.9. The van der Waals surface area contributed by atoms with Crippen molar-refractivity contribution in [2.75, 3.05) is 6.54 Å². The number of carbonyl (C=O) groups excluding carboxylic acids is 1. The average Bonchev–Trinajstić information content (AvgIpc) is 3.43. The Balaban J connectivity index is 1.38. The van der Waals surface area contributed by atoms with Gasteiger partial charge in [-0.1, -0.05) is 18.2 Å². The second kappa shape index (κ2) is 7.05. The van der Waals surface area contributed by atoms with E-state index in [1.807, 2.05) is 65.2 Å². The minimum atomic E-state index is -0.119. The topological polar surface area (TPSA) is 64.2 Å². The van der Waals surface area contributed by atoms with Crippen LogP contribution in [0.15, 0.2) is 71.5 Å². The van der Waals surface area contributed by atoms with E-state index in [0.717, 1.165) is 45.2 Å². The van der Waals surface area contributed by atoms with Crippen LogP contribution in [0.2, 0.25) is 0 Å². The smallest absolute Gasteiger partial charge is 0.254 e. The lowest BCUT2D eigenvalue weighted by Crippen LogP contribution is -2.38. The maximum absolute atomic E-state index is 13.4. The van der Waals surface area contributed by atoms with E-state index in [0.29, 0.717) is 12.1 Å². The van der Waals surface area contributed by atoms with Crippen molar-refractivity contribution in [3.05, 3.63) is 83.9 Å². The van der Waals surface area contributed by atoms with Crippen LogP contribution in [0.1, 0.15) is 34.6 Å². The molecule has 1 atom stereocenters. The maximum atomic E-state index is 13.4. The Labute approximate surface area is 185 Å². The van der Waals surface area contributed by atoms with Crippen molar-refractivity contribution in [1.82, 2.24) is 19.7 Å². The van der Waals surface area contributed by atoms with Crippen LogP contribution in [-0.2, 0) is 13.5 Å². The van der Waals surface area contributed by atoms with Gasteiger partial charge in [-0.2, -0.15) is 5.10 Å². The molecule has 0 saturated carbocycles. The first kappa shape index (κ1) is 18.8. The SMILES string of the molecule is C[C@H]1c2nn(C)c(-c3cccc4ccoc34)c2CCN1C(=O)c1ccc2ncccc2c1. The summed E-state index contributed by atoms with van der Waals surface area (Å²) < 4.78 is 7.71. The quantitative estimate of drug-likeness (QED) is 0.395. The van der Waals surface area contributed by atoms with Crippen LogP contribution in [0, 0.1) is 0 Å². The molecule has 4 heterocycles. The summed E-state index contributed by atoms with van der Waals surface area (Å²) in [4.78, 5) is 19.7. The fourth-order valence-corrected chi connectivity index (χ4v) is 4.91. The third-order valence-electron chi connectivity index (χ3n) is 6.49. The Morgan fingerprint density at radius 3 is 2.88 bits per heavy atom. The normalized spacial score (nSPS) is 15.9. The molecule has 158 valence electrons. The molecule has 2 aromatic carbocycles. The van der Waals surface area contributed by atoms with Crippen molar-refractivity contribution >= 4 is 27.8 Å². The minimum Gasteiger partial charge on any atom is -0.464 e. The summed E-state index contributed by atoms with van der Waals surface area (Å²) in [6, 6.07) is 17.6. The van der Waals surface area contributed by atoms with Crippen LogP contribution in [0.5, 0.6) is 0 Å². The van der Waals surface area contributed by atoms with E-state index in [4.69, 9.17) is 9.52 Å². The van der Waals surface area contributed by atoms with E-state index >= 15 is 0 Å². The second-order valence-electron chi connectivity index (χ2n) is 8.32. The summed E-state index contributed by atoms with van der Waals surface area (Å²) in [7, 11) is 1.96. The summed E-state index contributed by atoms with van der Waals surface area (Å²) in [5, 5.41) is 6.89. The Morgan fingerprint density at radius 1 is 1.09 bits per heavy atom. The van der Waals surface area contributed by atoms with Gasteiger partial charge in [0.15, 0.2) is 0 Å².